The lowest BCUT2D eigenvalue weighted by atomic mass is 10.1. The Hall–Kier alpha value is -4.13. The number of rotatable bonds is 4. The summed E-state index contributed by atoms with van der Waals surface area (Å²) < 4.78 is 0. The number of anilines is 2. The van der Waals surface area contributed by atoms with Gasteiger partial charge in [0.1, 0.15) is 0 Å². The summed E-state index contributed by atoms with van der Waals surface area (Å²) in [5.41, 5.74) is 2.44. The number of halogens is 1. The van der Waals surface area contributed by atoms with E-state index in [2.05, 4.69) is 10.6 Å². The van der Waals surface area contributed by atoms with E-state index in [0.29, 0.717) is 38.7 Å². The third-order valence-corrected chi connectivity index (χ3v) is 4.35. The van der Waals surface area contributed by atoms with Crippen molar-refractivity contribution >= 4 is 34.8 Å². The number of nitriles is 2. The Morgan fingerprint density at radius 3 is 1.69 bits per heavy atom. The molecule has 3 rings (SSSR count). The van der Waals surface area contributed by atoms with E-state index < -0.39 is 5.91 Å². The molecule has 0 spiro atoms. The second-order valence-corrected chi connectivity index (χ2v) is 6.39. The predicted molar refractivity (Wildman–Crippen MR) is 110 cm³/mol. The van der Waals surface area contributed by atoms with Crippen molar-refractivity contribution in [3.63, 3.8) is 0 Å². The highest BCUT2D eigenvalue weighted by Gasteiger charge is 2.11. The number of nitrogens with one attached hydrogen (secondary N) is 2. The van der Waals surface area contributed by atoms with Gasteiger partial charge in [-0.2, -0.15) is 10.5 Å². The van der Waals surface area contributed by atoms with Crippen LogP contribution in [0.4, 0.5) is 11.4 Å². The fraction of sp³-hybridized carbons (Fsp3) is 0. The molecule has 7 heteroatoms. The van der Waals surface area contributed by atoms with E-state index in [1.54, 1.807) is 54.6 Å². The van der Waals surface area contributed by atoms with Crippen LogP contribution < -0.4 is 10.6 Å². The number of hydrogen-bond acceptors (Lipinski definition) is 4. The number of carbonyl (C=O) groups excluding carboxylic acids is 2. The first-order valence-corrected chi connectivity index (χ1v) is 8.80. The van der Waals surface area contributed by atoms with Gasteiger partial charge in [0.2, 0.25) is 0 Å². The molecule has 0 aromatic heterocycles. The molecule has 0 saturated heterocycles. The molecule has 3 aromatic rings. The smallest absolute Gasteiger partial charge is 0.255 e. The van der Waals surface area contributed by atoms with Gasteiger partial charge in [-0.15, -0.1) is 0 Å². The molecule has 29 heavy (non-hydrogen) atoms. The molecule has 0 aliphatic rings. The minimum absolute atomic E-state index is 0.309. The van der Waals surface area contributed by atoms with Crippen molar-refractivity contribution in [3.05, 3.63) is 94.0 Å². The van der Waals surface area contributed by atoms with E-state index in [-0.39, 0.29) is 5.91 Å². The number of nitrogens with zero attached hydrogens (tertiary/aromatic N) is 2. The lowest BCUT2D eigenvalue weighted by molar-refractivity contribution is 0.101. The second kappa shape index (κ2) is 8.71. The van der Waals surface area contributed by atoms with E-state index in [4.69, 9.17) is 22.1 Å². The van der Waals surface area contributed by atoms with Gasteiger partial charge < -0.3 is 10.6 Å². The van der Waals surface area contributed by atoms with Crippen LogP contribution in [0.1, 0.15) is 31.8 Å². The van der Waals surface area contributed by atoms with Gasteiger partial charge in [-0.25, -0.2) is 0 Å². The van der Waals surface area contributed by atoms with Crippen LogP contribution in [0.25, 0.3) is 0 Å². The maximum Gasteiger partial charge on any atom is 0.255 e. The highest BCUT2D eigenvalue weighted by molar-refractivity contribution is 6.34. The Bertz CT molecular complexity index is 1160. The lowest BCUT2D eigenvalue weighted by Crippen LogP contribution is -2.14. The van der Waals surface area contributed by atoms with Crippen molar-refractivity contribution in [2.45, 2.75) is 0 Å². The molecule has 0 aliphatic carbocycles. The molecule has 2 amide bonds. The number of amides is 2. The maximum atomic E-state index is 12.4. The standard InChI is InChI=1S/C22H13ClN4O2/c23-19-10-9-18(26-21(28)16-5-1-14(12-24)2-6-16)11-20(19)27-22(29)17-7-3-15(13-25)4-8-17/h1-11H,(H,26,28)(H,27,29). The van der Waals surface area contributed by atoms with Crippen molar-refractivity contribution in [2.24, 2.45) is 0 Å². The maximum absolute atomic E-state index is 12.4. The van der Waals surface area contributed by atoms with Crippen molar-refractivity contribution < 1.29 is 9.59 Å². The largest absolute Gasteiger partial charge is 0.322 e. The molecule has 0 unspecified atom stereocenters. The fourth-order valence-electron chi connectivity index (χ4n) is 2.49. The zero-order chi connectivity index (χ0) is 20.8. The number of benzene rings is 3. The molecule has 0 radical (unpaired) electrons. The Balaban J connectivity index is 1.75. The molecular formula is C22H13ClN4O2. The van der Waals surface area contributed by atoms with Gasteiger partial charge in [0.05, 0.1) is 34.0 Å². The molecule has 0 fully saturated rings. The normalized spacial score (nSPS) is 9.76. The Morgan fingerprint density at radius 1 is 0.724 bits per heavy atom. The van der Waals surface area contributed by atoms with Gasteiger partial charge in [0, 0.05) is 16.8 Å². The summed E-state index contributed by atoms with van der Waals surface area (Å²) in [4.78, 5) is 24.8. The number of hydrogen-bond donors (Lipinski definition) is 2. The molecule has 6 nitrogen and oxygen atoms in total. The average Bonchev–Trinajstić information content (AvgIpc) is 2.76. The summed E-state index contributed by atoms with van der Waals surface area (Å²) in [6.45, 7) is 0. The Kier molecular flexibility index (Phi) is 5.89. The molecule has 0 saturated carbocycles. The van der Waals surface area contributed by atoms with E-state index in [1.165, 1.54) is 12.1 Å². The third-order valence-electron chi connectivity index (χ3n) is 4.02. The molecule has 0 atom stereocenters. The van der Waals surface area contributed by atoms with Crippen LogP contribution in [0.2, 0.25) is 5.02 Å². The van der Waals surface area contributed by atoms with Gasteiger partial charge in [0.25, 0.3) is 11.8 Å². The highest BCUT2D eigenvalue weighted by atomic mass is 35.5. The van der Waals surface area contributed by atoms with Crippen molar-refractivity contribution in [1.82, 2.24) is 0 Å². The topological polar surface area (TPSA) is 106 Å². The van der Waals surface area contributed by atoms with E-state index in [0.717, 1.165) is 0 Å². The summed E-state index contributed by atoms with van der Waals surface area (Å²) in [7, 11) is 0. The van der Waals surface area contributed by atoms with E-state index in [1.807, 2.05) is 12.1 Å². The van der Waals surface area contributed by atoms with Crippen LogP contribution >= 0.6 is 11.6 Å². The van der Waals surface area contributed by atoms with E-state index >= 15 is 0 Å². The van der Waals surface area contributed by atoms with E-state index in [9.17, 15) is 9.59 Å². The average molecular weight is 401 g/mol. The fourth-order valence-corrected chi connectivity index (χ4v) is 2.65. The van der Waals surface area contributed by atoms with Crippen LogP contribution in [-0.4, -0.2) is 11.8 Å². The van der Waals surface area contributed by atoms with Crippen LogP contribution in [0.15, 0.2) is 66.7 Å². The molecule has 0 bridgehead atoms. The Morgan fingerprint density at radius 2 is 1.21 bits per heavy atom. The van der Waals surface area contributed by atoms with Crippen molar-refractivity contribution in [3.8, 4) is 12.1 Å². The van der Waals surface area contributed by atoms with Gasteiger partial charge in [-0.1, -0.05) is 11.6 Å². The lowest BCUT2D eigenvalue weighted by Gasteiger charge is -2.11. The summed E-state index contributed by atoms with van der Waals surface area (Å²) >= 11 is 6.16. The second-order valence-electron chi connectivity index (χ2n) is 5.98. The monoisotopic (exact) mass is 400 g/mol. The minimum atomic E-state index is -0.396. The molecule has 0 aliphatic heterocycles. The zero-order valence-corrected chi connectivity index (χ0v) is 15.7. The first kappa shape index (κ1) is 19.6. The summed E-state index contributed by atoms with van der Waals surface area (Å²) in [5.74, 6) is -0.756. The van der Waals surface area contributed by atoms with Gasteiger partial charge in [-0.05, 0) is 66.7 Å². The molecule has 0 heterocycles. The molecule has 2 N–H and O–H groups in total. The summed E-state index contributed by atoms with van der Waals surface area (Å²) in [6, 6.07) is 21.1. The first-order chi connectivity index (χ1) is 14.0. The minimum Gasteiger partial charge on any atom is -0.322 e. The van der Waals surface area contributed by atoms with Crippen molar-refractivity contribution in [2.75, 3.05) is 10.6 Å². The quantitative estimate of drug-likeness (QED) is 0.668. The van der Waals surface area contributed by atoms with Gasteiger partial charge in [-0.3, -0.25) is 9.59 Å². The molecular weight excluding hydrogens is 388 g/mol. The molecule has 140 valence electrons. The van der Waals surface area contributed by atoms with Crippen molar-refractivity contribution in [1.29, 1.82) is 10.5 Å². The zero-order valence-electron chi connectivity index (χ0n) is 14.9. The summed E-state index contributed by atoms with van der Waals surface area (Å²) in [5, 5.41) is 23.4. The Labute approximate surface area is 172 Å². The van der Waals surface area contributed by atoms with Crippen LogP contribution in [0.5, 0.6) is 0 Å². The number of carbonyl (C=O) groups is 2. The third kappa shape index (κ3) is 4.78. The SMILES string of the molecule is N#Cc1ccc(C(=O)Nc2ccc(Cl)c(NC(=O)c3ccc(C#N)cc3)c2)cc1. The van der Waals surface area contributed by atoms with Gasteiger partial charge >= 0.3 is 0 Å². The summed E-state index contributed by atoms with van der Waals surface area (Å²) in [6.07, 6.45) is 0. The van der Waals surface area contributed by atoms with Crippen LogP contribution in [0.3, 0.4) is 0 Å². The van der Waals surface area contributed by atoms with Crippen LogP contribution in [0, 0.1) is 22.7 Å². The first-order valence-electron chi connectivity index (χ1n) is 8.43. The predicted octanol–water partition coefficient (Wildman–Crippen LogP) is 4.59. The van der Waals surface area contributed by atoms with Crippen LogP contribution in [-0.2, 0) is 0 Å². The van der Waals surface area contributed by atoms with Gasteiger partial charge in [0.15, 0.2) is 0 Å². The molecule has 3 aromatic carbocycles. The highest BCUT2D eigenvalue weighted by Crippen LogP contribution is 2.26.